The molecule has 0 saturated heterocycles. The molecule has 0 unspecified atom stereocenters. The quantitative estimate of drug-likeness (QED) is 0.476. The van der Waals surface area contributed by atoms with Gasteiger partial charge < -0.3 is 5.32 Å². The molecule has 2 rings (SSSR count). The molecule has 1 heterocycles. The zero-order valence-corrected chi connectivity index (χ0v) is 15.1. The molecule has 1 aromatic heterocycles. The van der Waals surface area contributed by atoms with E-state index in [0.717, 1.165) is 0 Å². The predicted octanol–water partition coefficient (Wildman–Crippen LogP) is 2.84. The van der Waals surface area contributed by atoms with Crippen molar-refractivity contribution >= 4 is 28.6 Å². The van der Waals surface area contributed by atoms with Crippen molar-refractivity contribution in [3.63, 3.8) is 0 Å². The zero-order valence-electron chi connectivity index (χ0n) is 14.3. The molecule has 0 bridgehead atoms. The lowest BCUT2D eigenvalue weighted by atomic mass is 10.1. The fourth-order valence-corrected chi connectivity index (χ4v) is 2.96. The number of allylic oxidation sites excluding steroid dienone is 1. The Morgan fingerprint density at radius 1 is 1.38 bits per heavy atom. The second-order valence-corrected chi connectivity index (χ2v) is 6.95. The molecule has 24 heavy (non-hydrogen) atoms. The summed E-state index contributed by atoms with van der Waals surface area (Å²) in [5.74, 6) is 0.532. The van der Waals surface area contributed by atoms with Gasteiger partial charge in [0.25, 0.3) is 5.56 Å². The average molecular weight is 345 g/mol. The van der Waals surface area contributed by atoms with Crippen LogP contribution in [0.4, 0.5) is 0 Å². The van der Waals surface area contributed by atoms with Crippen molar-refractivity contribution in [3.05, 3.63) is 47.3 Å². The minimum Gasteiger partial charge on any atom is -0.353 e. The van der Waals surface area contributed by atoms with Gasteiger partial charge in [-0.2, -0.15) is 0 Å². The number of fused-ring (bicyclic) bond motifs is 1. The van der Waals surface area contributed by atoms with E-state index in [1.165, 1.54) is 11.8 Å². The van der Waals surface area contributed by atoms with Crippen LogP contribution in [0.5, 0.6) is 0 Å². The lowest BCUT2D eigenvalue weighted by Gasteiger charge is -2.17. The maximum absolute atomic E-state index is 12.6. The number of nitrogens with one attached hydrogen (secondary N) is 1. The largest absolute Gasteiger partial charge is 0.353 e. The van der Waals surface area contributed by atoms with Gasteiger partial charge in [0.05, 0.1) is 16.7 Å². The van der Waals surface area contributed by atoms with Gasteiger partial charge >= 0.3 is 0 Å². The van der Waals surface area contributed by atoms with Crippen LogP contribution in [0.25, 0.3) is 10.9 Å². The van der Waals surface area contributed by atoms with Crippen LogP contribution < -0.4 is 10.9 Å². The van der Waals surface area contributed by atoms with E-state index in [9.17, 15) is 9.59 Å². The van der Waals surface area contributed by atoms with E-state index in [0.29, 0.717) is 28.5 Å². The van der Waals surface area contributed by atoms with Gasteiger partial charge in [-0.3, -0.25) is 14.2 Å². The van der Waals surface area contributed by atoms with Crippen molar-refractivity contribution < 1.29 is 4.79 Å². The highest BCUT2D eigenvalue weighted by molar-refractivity contribution is 7.99. The van der Waals surface area contributed by atoms with Gasteiger partial charge in [-0.25, -0.2) is 4.98 Å². The van der Waals surface area contributed by atoms with E-state index in [1.807, 2.05) is 19.1 Å². The van der Waals surface area contributed by atoms with Crippen LogP contribution in [-0.2, 0) is 11.3 Å². The fraction of sp³-hybridized carbons (Fsp3) is 0.389. The lowest BCUT2D eigenvalue weighted by Crippen LogP contribution is -2.37. The van der Waals surface area contributed by atoms with Gasteiger partial charge in [0.1, 0.15) is 0 Å². The molecule has 5 nitrogen and oxygen atoms in total. The van der Waals surface area contributed by atoms with Gasteiger partial charge in [-0.05, 0) is 25.0 Å². The first-order chi connectivity index (χ1) is 11.4. The number of aromatic nitrogens is 2. The Morgan fingerprint density at radius 2 is 2.08 bits per heavy atom. The summed E-state index contributed by atoms with van der Waals surface area (Å²) >= 11 is 1.27. The van der Waals surface area contributed by atoms with E-state index >= 15 is 0 Å². The van der Waals surface area contributed by atoms with Crippen molar-refractivity contribution in [2.24, 2.45) is 5.92 Å². The fourth-order valence-electron chi connectivity index (χ4n) is 2.14. The number of amides is 1. The van der Waals surface area contributed by atoms with Gasteiger partial charge in [0, 0.05) is 12.6 Å². The third-order valence-corrected chi connectivity index (χ3v) is 4.84. The highest BCUT2D eigenvalue weighted by Gasteiger charge is 2.14. The second kappa shape index (κ2) is 8.15. The Morgan fingerprint density at radius 3 is 2.75 bits per heavy atom. The number of carbonyl (C=O) groups is 1. The second-order valence-electron chi connectivity index (χ2n) is 6.00. The van der Waals surface area contributed by atoms with Crippen LogP contribution in [0.15, 0.2) is 46.9 Å². The summed E-state index contributed by atoms with van der Waals surface area (Å²) in [5.41, 5.74) is 0.528. The van der Waals surface area contributed by atoms with Crippen molar-refractivity contribution in [3.8, 4) is 0 Å². The van der Waals surface area contributed by atoms with Crippen LogP contribution in [0.3, 0.4) is 0 Å². The molecule has 1 atom stereocenters. The SMILES string of the molecule is C=CCn1c(SCC(=O)N[C@@H](C)C(C)C)nc2ccccc2c1=O. The van der Waals surface area contributed by atoms with Crippen LogP contribution in [0, 0.1) is 5.92 Å². The molecule has 128 valence electrons. The topological polar surface area (TPSA) is 64.0 Å². The van der Waals surface area contributed by atoms with Crippen molar-refractivity contribution in [1.82, 2.24) is 14.9 Å². The summed E-state index contributed by atoms with van der Waals surface area (Å²) in [6.45, 7) is 10.2. The Labute approximate surface area is 146 Å². The molecule has 1 amide bonds. The number of hydrogen-bond acceptors (Lipinski definition) is 4. The maximum atomic E-state index is 12.6. The van der Waals surface area contributed by atoms with Crippen LogP contribution in [-0.4, -0.2) is 27.3 Å². The molecule has 0 spiro atoms. The highest BCUT2D eigenvalue weighted by atomic mass is 32.2. The lowest BCUT2D eigenvalue weighted by molar-refractivity contribution is -0.119. The summed E-state index contributed by atoms with van der Waals surface area (Å²) in [5, 5.41) is 4.06. The first-order valence-electron chi connectivity index (χ1n) is 7.96. The molecule has 0 radical (unpaired) electrons. The summed E-state index contributed by atoms with van der Waals surface area (Å²) in [4.78, 5) is 29.2. The number of nitrogens with zero attached hydrogens (tertiary/aromatic N) is 2. The predicted molar refractivity (Wildman–Crippen MR) is 99.4 cm³/mol. The number of benzene rings is 1. The Balaban J connectivity index is 2.24. The normalized spacial score (nSPS) is 12.3. The number of hydrogen-bond donors (Lipinski definition) is 1. The first kappa shape index (κ1) is 18.3. The van der Waals surface area contributed by atoms with Crippen molar-refractivity contribution in [2.45, 2.75) is 38.5 Å². The Bertz CT molecular complexity index is 798. The Hall–Kier alpha value is -2.08. The van der Waals surface area contributed by atoms with Gasteiger partial charge in [0.15, 0.2) is 5.16 Å². The smallest absolute Gasteiger partial charge is 0.262 e. The third-order valence-electron chi connectivity index (χ3n) is 3.86. The zero-order chi connectivity index (χ0) is 17.7. The summed E-state index contributed by atoms with van der Waals surface area (Å²) in [7, 11) is 0. The molecule has 0 saturated carbocycles. The summed E-state index contributed by atoms with van der Waals surface area (Å²) in [6, 6.07) is 7.34. The first-order valence-corrected chi connectivity index (χ1v) is 8.95. The number of para-hydroxylation sites is 1. The summed E-state index contributed by atoms with van der Waals surface area (Å²) < 4.78 is 1.55. The van der Waals surface area contributed by atoms with E-state index in [1.54, 1.807) is 22.8 Å². The van der Waals surface area contributed by atoms with Crippen molar-refractivity contribution in [2.75, 3.05) is 5.75 Å². The molecule has 0 aliphatic rings. The molecule has 0 aliphatic heterocycles. The van der Waals surface area contributed by atoms with Gasteiger partial charge in [-0.15, -0.1) is 6.58 Å². The van der Waals surface area contributed by atoms with E-state index in [4.69, 9.17) is 0 Å². The van der Waals surface area contributed by atoms with Gasteiger partial charge in [0.2, 0.25) is 5.91 Å². The Kier molecular flexibility index (Phi) is 6.20. The van der Waals surface area contributed by atoms with E-state index < -0.39 is 0 Å². The number of rotatable bonds is 7. The minimum absolute atomic E-state index is 0.0613. The molecule has 0 fully saturated rings. The van der Waals surface area contributed by atoms with E-state index in [-0.39, 0.29) is 23.3 Å². The summed E-state index contributed by atoms with van der Waals surface area (Å²) in [6.07, 6.45) is 1.66. The molecular weight excluding hydrogens is 322 g/mol. The highest BCUT2D eigenvalue weighted by Crippen LogP contribution is 2.17. The van der Waals surface area contributed by atoms with Crippen LogP contribution in [0.1, 0.15) is 20.8 Å². The molecule has 2 aromatic rings. The molecule has 1 aromatic carbocycles. The monoisotopic (exact) mass is 345 g/mol. The molecular formula is C18H23N3O2S. The maximum Gasteiger partial charge on any atom is 0.262 e. The van der Waals surface area contributed by atoms with Gasteiger partial charge in [-0.1, -0.05) is 43.8 Å². The molecule has 6 heteroatoms. The van der Waals surface area contributed by atoms with Crippen LogP contribution >= 0.6 is 11.8 Å². The van der Waals surface area contributed by atoms with E-state index in [2.05, 4.69) is 30.7 Å². The van der Waals surface area contributed by atoms with Crippen LogP contribution in [0.2, 0.25) is 0 Å². The van der Waals surface area contributed by atoms with Crippen molar-refractivity contribution in [1.29, 1.82) is 0 Å². The minimum atomic E-state index is -0.112. The molecule has 1 N–H and O–H groups in total. The number of carbonyl (C=O) groups excluding carboxylic acids is 1. The standard InChI is InChI=1S/C18H23N3O2S/c1-5-10-21-17(23)14-8-6-7-9-15(14)20-18(21)24-11-16(22)19-13(4)12(2)3/h5-9,12-13H,1,10-11H2,2-4H3,(H,19,22)/t13-/m0/s1. The average Bonchev–Trinajstić information content (AvgIpc) is 2.56. The molecule has 0 aliphatic carbocycles. The number of thioether (sulfide) groups is 1. The third kappa shape index (κ3) is 4.26.